The summed E-state index contributed by atoms with van der Waals surface area (Å²) >= 11 is 6.39. The number of allylic oxidation sites excluding steroid dienone is 1. The molecule has 226 valence electrons. The molecule has 0 unspecified atom stereocenters. The van der Waals surface area contributed by atoms with Crippen molar-refractivity contribution in [2.24, 2.45) is 16.2 Å². The fourth-order valence-electron chi connectivity index (χ4n) is 5.94. The molecule has 0 saturated heterocycles. The molecule has 2 aromatic rings. The van der Waals surface area contributed by atoms with Gasteiger partial charge in [-0.25, -0.2) is 4.21 Å². The first-order valence-corrected chi connectivity index (χ1v) is 17.0. The number of fused-ring (bicyclic) bond motifs is 3. The van der Waals surface area contributed by atoms with Crippen molar-refractivity contribution in [3.63, 3.8) is 0 Å². The third kappa shape index (κ3) is 7.36. The fourth-order valence-corrected chi connectivity index (χ4v) is 7.80. The Morgan fingerprint density at radius 2 is 2.02 bits per heavy atom. The van der Waals surface area contributed by atoms with Crippen LogP contribution in [0.2, 0.25) is 5.02 Å². The molecule has 2 amide bonds. The van der Waals surface area contributed by atoms with Crippen LogP contribution in [0.4, 0.5) is 5.69 Å². The Hall–Kier alpha value is -2.88. The van der Waals surface area contributed by atoms with Crippen LogP contribution in [-0.2, 0) is 27.7 Å². The second-order valence-corrected chi connectivity index (χ2v) is 14.0. The second kappa shape index (κ2) is 13.6. The van der Waals surface area contributed by atoms with Gasteiger partial charge in [0.2, 0.25) is 5.91 Å². The number of benzene rings is 2. The van der Waals surface area contributed by atoms with E-state index in [1.807, 2.05) is 24.3 Å². The van der Waals surface area contributed by atoms with Gasteiger partial charge >= 0.3 is 0 Å². The van der Waals surface area contributed by atoms with E-state index in [-0.39, 0.29) is 29.6 Å². The van der Waals surface area contributed by atoms with Crippen LogP contribution in [0.5, 0.6) is 5.75 Å². The van der Waals surface area contributed by atoms with Gasteiger partial charge in [-0.1, -0.05) is 36.7 Å². The van der Waals surface area contributed by atoms with E-state index in [1.165, 1.54) is 5.56 Å². The van der Waals surface area contributed by atoms with E-state index in [1.54, 1.807) is 25.1 Å². The topological polar surface area (TPSA) is 108 Å². The van der Waals surface area contributed by atoms with Crippen molar-refractivity contribution in [2.75, 3.05) is 23.8 Å². The number of rotatable bonds is 2. The summed E-state index contributed by atoms with van der Waals surface area (Å²) in [5, 5.41) is 11.8. The lowest BCUT2D eigenvalue weighted by Gasteiger charge is -2.42. The minimum absolute atomic E-state index is 0.0382. The number of carbonyl (C=O) groups excluding carboxylic acids is 2. The van der Waals surface area contributed by atoms with Crippen molar-refractivity contribution >= 4 is 39.0 Å². The Labute approximate surface area is 253 Å². The number of nitrogens with zero attached hydrogens (tertiary/aromatic N) is 2. The SMILES string of the molecule is CCC(=O)N[S@]1(=O)=NC(=O)c2ccc3c(c2)N(Cc2ccc(Cl)cc2CCCCO3)C[C@@H]2CC[C@H]2[C@@H](O)/C=C/CCC1. The molecule has 2 heterocycles. The number of aryl methyl sites for hydroxylation is 1. The monoisotopic (exact) mass is 613 g/mol. The summed E-state index contributed by atoms with van der Waals surface area (Å²) in [4.78, 5) is 28.0. The van der Waals surface area contributed by atoms with Gasteiger partial charge in [0, 0.05) is 30.1 Å². The summed E-state index contributed by atoms with van der Waals surface area (Å²) in [6, 6.07) is 11.2. The molecular formula is C32H40ClN3O5S. The normalized spacial score (nSPS) is 27.5. The summed E-state index contributed by atoms with van der Waals surface area (Å²) in [6.45, 7) is 3.44. The molecule has 1 saturated carbocycles. The third-order valence-electron chi connectivity index (χ3n) is 8.49. The number of ether oxygens (including phenoxy) is 1. The van der Waals surface area contributed by atoms with Gasteiger partial charge in [-0.15, -0.1) is 4.36 Å². The number of amides is 2. The molecule has 42 heavy (non-hydrogen) atoms. The van der Waals surface area contributed by atoms with E-state index in [9.17, 15) is 18.9 Å². The number of nitrogens with one attached hydrogen (secondary N) is 1. The highest BCUT2D eigenvalue weighted by Gasteiger charge is 2.37. The van der Waals surface area contributed by atoms with Crippen LogP contribution in [0.3, 0.4) is 0 Å². The van der Waals surface area contributed by atoms with Gasteiger partial charge in [0.15, 0.2) is 0 Å². The van der Waals surface area contributed by atoms with Crippen LogP contribution in [0.25, 0.3) is 0 Å². The van der Waals surface area contributed by atoms with Crippen molar-refractivity contribution < 1.29 is 23.6 Å². The first-order valence-electron chi connectivity index (χ1n) is 15.0. The molecule has 5 rings (SSSR count). The van der Waals surface area contributed by atoms with Crippen molar-refractivity contribution in [3.05, 3.63) is 70.3 Å². The van der Waals surface area contributed by atoms with E-state index >= 15 is 0 Å². The zero-order chi connectivity index (χ0) is 29.7. The van der Waals surface area contributed by atoms with E-state index < -0.39 is 27.8 Å². The zero-order valence-corrected chi connectivity index (χ0v) is 25.7. The molecule has 2 aromatic carbocycles. The number of hydrogen-bond acceptors (Lipinski definition) is 6. The Balaban J connectivity index is 1.61. The molecule has 1 aliphatic carbocycles. The molecule has 4 atom stereocenters. The maximum Gasteiger partial charge on any atom is 0.286 e. The lowest BCUT2D eigenvalue weighted by atomic mass is 9.70. The number of anilines is 1. The van der Waals surface area contributed by atoms with Crippen LogP contribution < -0.4 is 14.4 Å². The Morgan fingerprint density at radius 3 is 2.81 bits per heavy atom. The van der Waals surface area contributed by atoms with Gasteiger partial charge in [-0.3, -0.25) is 14.3 Å². The van der Waals surface area contributed by atoms with E-state index in [4.69, 9.17) is 16.3 Å². The molecule has 8 nitrogen and oxygen atoms in total. The average Bonchev–Trinajstić information content (AvgIpc) is 2.97. The maximum absolute atomic E-state index is 13.7. The first kappa shape index (κ1) is 30.6. The van der Waals surface area contributed by atoms with Gasteiger partial charge in [-0.2, -0.15) is 0 Å². The molecule has 2 bridgehead atoms. The number of hydrogen-bond donors (Lipinski definition) is 2. The van der Waals surface area contributed by atoms with Gasteiger partial charge < -0.3 is 14.7 Å². The summed E-state index contributed by atoms with van der Waals surface area (Å²) in [5.74, 6) is 0.0262. The molecule has 0 spiro atoms. The number of halogens is 1. The summed E-state index contributed by atoms with van der Waals surface area (Å²) in [7, 11) is -3.33. The highest BCUT2D eigenvalue weighted by molar-refractivity contribution is 7.92. The number of aliphatic hydroxyl groups is 1. The van der Waals surface area contributed by atoms with Crippen molar-refractivity contribution in [2.45, 2.75) is 70.9 Å². The second-order valence-electron chi connectivity index (χ2n) is 11.5. The zero-order valence-electron chi connectivity index (χ0n) is 24.1. The lowest BCUT2D eigenvalue weighted by Crippen LogP contribution is -2.43. The molecule has 10 heteroatoms. The highest BCUT2D eigenvalue weighted by atomic mass is 35.5. The van der Waals surface area contributed by atoms with Crippen LogP contribution in [0.1, 0.15) is 73.4 Å². The smallest absolute Gasteiger partial charge is 0.286 e. The lowest BCUT2D eigenvalue weighted by molar-refractivity contribution is -0.118. The van der Waals surface area contributed by atoms with E-state index in [0.717, 1.165) is 43.4 Å². The minimum Gasteiger partial charge on any atom is -0.491 e. The van der Waals surface area contributed by atoms with Crippen LogP contribution in [0.15, 0.2) is 52.9 Å². The largest absolute Gasteiger partial charge is 0.491 e. The van der Waals surface area contributed by atoms with Gasteiger partial charge in [-0.05, 0) is 98.2 Å². The molecule has 1 fully saturated rings. The summed E-state index contributed by atoms with van der Waals surface area (Å²) in [5.41, 5.74) is 3.39. The van der Waals surface area contributed by atoms with Gasteiger partial charge in [0.05, 0.1) is 24.2 Å². The molecule has 0 radical (unpaired) electrons. The quantitative estimate of drug-likeness (QED) is 0.412. The van der Waals surface area contributed by atoms with E-state index in [2.05, 4.69) is 20.1 Å². The number of carbonyl (C=O) groups is 2. The standard InChI is InChI=1S/C32H40ClN3O5S/c1-2-31(38)34-42(40)17-7-3-4-9-29(37)27-14-11-25(27)21-36-20-24-10-13-26(33)18-22(24)8-5-6-16-41-30-15-12-23(19-28(30)36)32(39)35-42/h4,9-10,12-13,15,18-19,25,27,29,37H,2-3,5-8,11,14,16-17,20-21H2,1H3,(H,34,35,38,39,40)/b9-4+/t25-,27+,29-,42-/m0/s1. The molecule has 3 aliphatic rings. The Bertz CT molecular complexity index is 1470. The van der Waals surface area contributed by atoms with Gasteiger partial charge in [0.1, 0.15) is 15.7 Å². The predicted octanol–water partition coefficient (Wildman–Crippen LogP) is 5.85. The van der Waals surface area contributed by atoms with Gasteiger partial charge in [0.25, 0.3) is 5.91 Å². The summed E-state index contributed by atoms with van der Waals surface area (Å²) in [6.07, 6.45) is 8.94. The minimum atomic E-state index is -3.33. The Kier molecular flexibility index (Phi) is 9.91. The van der Waals surface area contributed by atoms with Crippen molar-refractivity contribution in [3.8, 4) is 5.75 Å². The summed E-state index contributed by atoms with van der Waals surface area (Å²) < 4.78 is 26.6. The highest BCUT2D eigenvalue weighted by Crippen LogP contribution is 2.41. The van der Waals surface area contributed by atoms with Crippen LogP contribution >= 0.6 is 11.6 Å². The van der Waals surface area contributed by atoms with E-state index in [0.29, 0.717) is 43.3 Å². The van der Waals surface area contributed by atoms with Crippen molar-refractivity contribution in [1.82, 2.24) is 4.72 Å². The predicted molar refractivity (Wildman–Crippen MR) is 166 cm³/mol. The van der Waals surface area contributed by atoms with Crippen molar-refractivity contribution in [1.29, 1.82) is 0 Å². The van der Waals surface area contributed by atoms with Crippen LogP contribution in [-0.4, -0.2) is 46.1 Å². The molecule has 2 aliphatic heterocycles. The first-order chi connectivity index (χ1) is 20.2. The average molecular weight is 614 g/mol. The Morgan fingerprint density at radius 1 is 1.17 bits per heavy atom. The molecule has 2 N–H and O–H groups in total. The number of aliphatic hydroxyl groups excluding tert-OH is 1. The maximum atomic E-state index is 13.7. The fraction of sp³-hybridized carbons (Fsp3) is 0.500. The van der Waals surface area contributed by atoms with Crippen LogP contribution in [0, 0.1) is 11.8 Å². The third-order valence-corrected chi connectivity index (χ3v) is 10.6. The molecular weight excluding hydrogens is 574 g/mol. The molecule has 0 aromatic heterocycles.